The molecular formula is C15H18N2O2. The van der Waals surface area contributed by atoms with E-state index in [1.165, 1.54) is 0 Å². The lowest BCUT2D eigenvalue weighted by atomic mass is 10.0. The number of aromatic nitrogens is 1. The number of nitrogens with two attached hydrogens (primary N) is 1. The van der Waals surface area contributed by atoms with E-state index in [-0.39, 0.29) is 12.6 Å². The first-order valence-electron chi connectivity index (χ1n) is 6.26. The Labute approximate surface area is 112 Å². The van der Waals surface area contributed by atoms with Gasteiger partial charge in [0, 0.05) is 12.2 Å². The average Bonchev–Trinajstić information content (AvgIpc) is 2.47. The predicted octanol–water partition coefficient (Wildman–Crippen LogP) is 1.39. The molecule has 2 atom stereocenters. The number of aliphatic hydroxyl groups excluding tert-OH is 1. The molecule has 0 bridgehead atoms. The Bertz CT molecular complexity index is 476. The molecule has 100 valence electrons. The summed E-state index contributed by atoms with van der Waals surface area (Å²) >= 11 is 0. The van der Waals surface area contributed by atoms with Crippen LogP contribution in [0.1, 0.15) is 5.56 Å². The first-order chi connectivity index (χ1) is 9.25. The minimum Gasteiger partial charge on any atom is -0.489 e. The highest BCUT2D eigenvalue weighted by Gasteiger charge is 2.16. The molecule has 2 unspecified atom stereocenters. The van der Waals surface area contributed by atoms with Crippen molar-refractivity contribution >= 4 is 0 Å². The topological polar surface area (TPSA) is 68.4 Å². The molecule has 0 saturated heterocycles. The van der Waals surface area contributed by atoms with Crippen molar-refractivity contribution in [2.24, 2.45) is 5.73 Å². The number of hydrogen-bond donors (Lipinski definition) is 2. The monoisotopic (exact) mass is 258 g/mol. The lowest BCUT2D eigenvalue weighted by molar-refractivity contribution is 0.0850. The van der Waals surface area contributed by atoms with Crippen LogP contribution < -0.4 is 10.5 Å². The zero-order valence-electron chi connectivity index (χ0n) is 10.6. The quantitative estimate of drug-likeness (QED) is 0.821. The molecule has 4 nitrogen and oxygen atoms in total. The first kappa shape index (κ1) is 13.5. The SMILES string of the molecule is NC(Cc1ccccc1)C(O)COc1cccnc1. The van der Waals surface area contributed by atoms with Gasteiger partial charge in [0.25, 0.3) is 0 Å². The molecule has 0 aliphatic rings. The second kappa shape index (κ2) is 6.87. The molecule has 2 rings (SSSR count). The van der Waals surface area contributed by atoms with Crippen molar-refractivity contribution in [3.8, 4) is 5.75 Å². The maximum Gasteiger partial charge on any atom is 0.137 e. The summed E-state index contributed by atoms with van der Waals surface area (Å²) < 4.78 is 5.43. The Hall–Kier alpha value is -1.91. The van der Waals surface area contributed by atoms with Crippen LogP contribution in [0.15, 0.2) is 54.9 Å². The molecule has 4 heteroatoms. The highest BCUT2D eigenvalue weighted by molar-refractivity contribution is 5.17. The Morgan fingerprint density at radius 3 is 2.63 bits per heavy atom. The number of rotatable bonds is 6. The molecule has 0 radical (unpaired) electrons. The van der Waals surface area contributed by atoms with Crippen LogP contribution in [0.25, 0.3) is 0 Å². The third-order valence-electron chi connectivity index (χ3n) is 2.86. The van der Waals surface area contributed by atoms with Gasteiger partial charge in [-0.15, -0.1) is 0 Å². The van der Waals surface area contributed by atoms with Crippen LogP contribution in [-0.4, -0.2) is 28.8 Å². The lowest BCUT2D eigenvalue weighted by Gasteiger charge is -2.19. The summed E-state index contributed by atoms with van der Waals surface area (Å²) in [7, 11) is 0. The van der Waals surface area contributed by atoms with E-state index in [1.54, 1.807) is 24.5 Å². The van der Waals surface area contributed by atoms with Gasteiger partial charge in [-0.25, -0.2) is 0 Å². The summed E-state index contributed by atoms with van der Waals surface area (Å²) in [5.41, 5.74) is 7.07. The van der Waals surface area contributed by atoms with Crippen molar-refractivity contribution < 1.29 is 9.84 Å². The summed E-state index contributed by atoms with van der Waals surface area (Å²) in [5.74, 6) is 0.633. The summed E-state index contributed by atoms with van der Waals surface area (Å²) in [4.78, 5) is 3.94. The van der Waals surface area contributed by atoms with E-state index in [2.05, 4.69) is 4.98 Å². The molecule has 1 heterocycles. The molecule has 0 fully saturated rings. The van der Waals surface area contributed by atoms with Gasteiger partial charge in [0.05, 0.1) is 6.20 Å². The Morgan fingerprint density at radius 1 is 1.16 bits per heavy atom. The van der Waals surface area contributed by atoms with E-state index in [4.69, 9.17) is 10.5 Å². The van der Waals surface area contributed by atoms with Gasteiger partial charge in [-0.2, -0.15) is 0 Å². The maximum atomic E-state index is 9.97. The maximum absolute atomic E-state index is 9.97. The van der Waals surface area contributed by atoms with Gasteiger partial charge in [0.15, 0.2) is 0 Å². The minimum absolute atomic E-state index is 0.166. The van der Waals surface area contributed by atoms with Crippen LogP contribution >= 0.6 is 0 Å². The van der Waals surface area contributed by atoms with E-state index >= 15 is 0 Å². The van der Waals surface area contributed by atoms with Gasteiger partial charge in [0.1, 0.15) is 18.5 Å². The van der Waals surface area contributed by atoms with E-state index in [0.29, 0.717) is 12.2 Å². The zero-order chi connectivity index (χ0) is 13.5. The van der Waals surface area contributed by atoms with Crippen molar-refractivity contribution in [3.05, 3.63) is 60.4 Å². The fourth-order valence-electron chi connectivity index (χ4n) is 1.76. The second-order valence-corrected chi connectivity index (χ2v) is 4.42. The van der Waals surface area contributed by atoms with Crippen molar-refractivity contribution in [2.75, 3.05) is 6.61 Å². The molecule has 3 N–H and O–H groups in total. The Morgan fingerprint density at radius 2 is 1.95 bits per heavy atom. The third-order valence-corrected chi connectivity index (χ3v) is 2.86. The zero-order valence-corrected chi connectivity index (χ0v) is 10.6. The number of hydrogen-bond acceptors (Lipinski definition) is 4. The normalized spacial score (nSPS) is 13.8. The molecule has 0 saturated carbocycles. The van der Waals surface area contributed by atoms with Gasteiger partial charge in [-0.1, -0.05) is 30.3 Å². The lowest BCUT2D eigenvalue weighted by Crippen LogP contribution is -2.40. The van der Waals surface area contributed by atoms with Gasteiger partial charge in [-0.3, -0.25) is 4.98 Å². The first-order valence-corrected chi connectivity index (χ1v) is 6.26. The molecule has 1 aromatic heterocycles. The fraction of sp³-hybridized carbons (Fsp3) is 0.267. The molecular weight excluding hydrogens is 240 g/mol. The molecule has 19 heavy (non-hydrogen) atoms. The van der Waals surface area contributed by atoms with Crippen LogP contribution in [-0.2, 0) is 6.42 Å². The van der Waals surface area contributed by atoms with Crippen LogP contribution in [0.3, 0.4) is 0 Å². The standard InChI is InChI=1S/C15H18N2O2/c16-14(9-12-5-2-1-3-6-12)15(18)11-19-13-7-4-8-17-10-13/h1-8,10,14-15,18H,9,11,16H2. The number of aliphatic hydroxyl groups is 1. The largest absolute Gasteiger partial charge is 0.489 e. The number of benzene rings is 1. The van der Waals surface area contributed by atoms with Crippen molar-refractivity contribution in [1.82, 2.24) is 4.98 Å². The third kappa shape index (κ3) is 4.35. The Balaban J connectivity index is 1.81. The highest BCUT2D eigenvalue weighted by Crippen LogP contribution is 2.09. The summed E-state index contributed by atoms with van der Waals surface area (Å²) in [5, 5.41) is 9.97. The van der Waals surface area contributed by atoms with Gasteiger partial charge < -0.3 is 15.6 Å². The molecule has 0 amide bonds. The molecule has 0 spiro atoms. The summed E-state index contributed by atoms with van der Waals surface area (Å²) in [6.45, 7) is 0.166. The van der Waals surface area contributed by atoms with Crippen LogP contribution in [0.2, 0.25) is 0 Å². The predicted molar refractivity (Wildman–Crippen MR) is 73.9 cm³/mol. The smallest absolute Gasteiger partial charge is 0.137 e. The van der Waals surface area contributed by atoms with Crippen LogP contribution in [0.5, 0.6) is 5.75 Å². The fourth-order valence-corrected chi connectivity index (χ4v) is 1.76. The molecule has 0 aliphatic carbocycles. The van der Waals surface area contributed by atoms with Crippen LogP contribution in [0.4, 0.5) is 0 Å². The summed E-state index contributed by atoms with van der Waals surface area (Å²) in [6, 6.07) is 13.1. The van der Waals surface area contributed by atoms with Crippen molar-refractivity contribution in [2.45, 2.75) is 18.6 Å². The van der Waals surface area contributed by atoms with Crippen molar-refractivity contribution in [3.63, 3.8) is 0 Å². The number of nitrogens with zero attached hydrogens (tertiary/aromatic N) is 1. The van der Waals surface area contributed by atoms with Gasteiger partial charge in [-0.05, 0) is 24.1 Å². The van der Waals surface area contributed by atoms with Crippen LogP contribution in [0, 0.1) is 0 Å². The van der Waals surface area contributed by atoms with Gasteiger partial charge >= 0.3 is 0 Å². The van der Waals surface area contributed by atoms with E-state index < -0.39 is 6.10 Å². The average molecular weight is 258 g/mol. The highest BCUT2D eigenvalue weighted by atomic mass is 16.5. The van der Waals surface area contributed by atoms with E-state index in [1.807, 2.05) is 30.3 Å². The van der Waals surface area contributed by atoms with Gasteiger partial charge in [0.2, 0.25) is 0 Å². The molecule has 1 aromatic carbocycles. The number of ether oxygens (including phenoxy) is 1. The second-order valence-electron chi connectivity index (χ2n) is 4.42. The summed E-state index contributed by atoms with van der Waals surface area (Å²) in [6.07, 6.45) is 3.19. The molecule has 2 aromatic rings. The van der Waals surface area contributed by atoms with E-state index in [0.717, 1.165) is 5.56 Å². The van der Waals surface area contributed by atoms with E-state index in [9.17, 15) is 5.11 Å². The Kier molecular flexibility index (Phi) is 4.89. The minimum atomic E-state index is -0.708. The van der Waals surface area contributed by atoms with Crippen molar-refractivity contribution in [1.29, 1.82) is 0 Å². The molecule has 0 aliphatic heterocycles. The number of pyridine rings is 1.